The number of aromatic nitrogens is 2. The van der Waals surface area contributed by atoms with E-state index >= 15 is 0 Å². The Balaban J connectivity index is 2.35. The zero-order chi connectivity index (χ0) is 8.39. The summed E-state index contributed by atoms with van der Waals surface area (Å²) in [5.41, 5.74) is 7.28. The number of H-pyrrole nitrogens is 1. The van der Waals surface area contributed by atoms with E-state index in [1.165, 1.54) is 0 Å². The Labute approximate surface area is 69.4 Å². The summed E-state index contributed by atoms with van der Waals surface area (Å²) in [5, 5.41) is 0. The molecule has 2 aromatic heterocycles. The van der Waals surface area contributed by atoms with E-state index < -0.39 is 0 Å². The maximum absolute atomic E-state index is 5.42. The first-order valence-electron chi connectivity index (χ1n) is 3.66. The van der Waals surface area contributed by atoms with Crippen LogP contribution in [0.3, 0.4) is 0 Å². The summed E-state index contributed by atoms with van der Waals surface area (Å²) < 4.78 is 4.92. The highest BCUT2D eigenvalue weighted by Gasteiger charge is 2.02. The van der Waals surface area contributed by atoms with E-state index in [2.05, 4.69) is 9.97 Å². The van der Waals surface area contributed by atoms with Crippen molar-refractivity contribution in [3.05, 3.63) is 30.5 Å². The second-order valence-corrected chi connectivity index (χ2v) is 2.47. The van der Waals surface area contributed by atoms with Crippen LogP contribution in [0.4, 0.5) is 0 Å². The monoisotopic (exact) mass is 163 g/mol. The summed E-state index contributed by atoms with van der Waals surface area (Å²) >= 11 is 0. The van der Waals surface area contributed by atoms with Crippen molar-refractivity contribution in [1.29, 1.82) is 0 Å². The highest BCUT2D eigenvalue weighted by atomic mass is 16.3. The third-order valence-corrected chi connectivity index (χ3v) is 1.64. The van der Waals surface area contributed by atoms with Gasteiger partial charge in [0.15, 0.2) is 0 Å². The van der Waals surface area contributed by atoms with Crippen LogP contribution in [-0.2, 0) is 6.54 Å². The van der Waals surface area contributed by atoms with Crippen molar-refractivity contribution in [2.24, 2.45) is 5.73 Å². The van der Waals surface area contributed by atoms with Crippen molar-refractivity contribution in [2.75, 3.05) is 0 Å². The molecule has 2 rings (SSSR count). The van der Waals surface area contributed by atoms with Gasteiger partial charge in [0.2, 0.25) is 0 Å². The number of furan rings is 1. The molecule has 0 aliphatic carbocycles. The molecule has 2 heterocycles. The predicted octanol–water partition coefficient (Wildman–Crippen LogP) is 1.13. The molecule has 0 aromatic carbocycles. The lowest BCUT2D eigenvalue weighted by Gasteiger charge is -1.88. The fourth-order valence-corrected chi connectivity index (χ4v) is 1.01. The molecule has 0 aliphatic heterocycles. The fourth-order valence-electron chi connectivity index (χ4n) is 1.01. The number of nitrogens with two attached hydrogens (primary N) is 1. The molecule has 0 spiro atoms. The van der Waals surface area contributed by atoms with Crippen molar-refractivity contribution in [3.63, 3.8) is 0 Å². The molecule has 4 heteroatoms. The first-order chi connectivity index (χ1) is 5.90. The van der Waals surface area contributed by atoms with E-state index in [0.29, 0.717) is 6.54 Å². The Morgan fingerprint density at radius 2 is 2.50 bits per heavy atom. The number of hydrogen-bond donors (Lipinski definition) is 2. The number of nitrogens with one attached hydrogen (secondary N) is 1. The molecule has 0 fully saturated rings. The molecule has 0 saturated carbocycles. The van der Waals surface area contributed by atoms with Gasteiger partial charge in [-0.25, -0.2) is 4.98 Å². The normalized spacial score (nSPS) is 10.4. The van der Waals surface area contributed by atoms with Crippen molar-refractivity contribution in [1.82, 2.24) is 9.97 Å². The van der Waals surface area contributed by atoms with Gasteiger partial charge in [0, 0.05) is 18.4 Å². The second kappa shape index (κ2) is 2.83. The number of aromatic amines is 1. The minimum absolute atomic E-state index is 0.477. The molecule has 12 heavy (non-hydrogen) atoms. The maximum atomic E-state index is 5.42. The summed E-state index contributed by atoms with van der Waals surface area (Å²) in [7, 11) is 0. The van der Waals surface area contributed by atoms with Crippen LogP contribution in [0.5, 0.6) is 0 Å². The molecule has 0 bridgehead atoms. The lowest BCUT2D eigenvalue weighted by atomic mass is 10.3. The smallest absolute Gasteiger partial charge is 0.140 e. The molecular formula is C8H9N3O. The average Bonchev–Trinajstić information content (AvgIpc) is 2.75. The zero-order valence-electron chi connectivity index (χ0n) is 6.45. The molecule has 0 amide bonds. The van der Waals surface area contributed by atoms with Crippen LogP contribution >= 0.6 is 0 Å². The van der Waals surface area contributed by atoms with Crippen LogP contribution in [0.1, 0.15) is 5.69 Å². The molecule has 0 radical (unpaired) electrons. The molecular weight excluding hydrogens is 154 g/mol. The Morgan fingerprint density at radius 3 is 3.08 bits per heavy atom. The quantitative estimate of drug-likeness (QED) is 0.697. The van der Waals surface area contributed by atoms with E-state index in [1.807, 2.05) is 6.07 Å². The molecule has 2 aromatic rings. The van der Waals surface area contributed by atoms with Crippen molar-refractivity contribution in [2.45, 2.75) is 6.54 Å². The van der Waals surface area contributed by atoms with E-state index in [4.69, 9.17) is 10.2 Å². The standard InChI is InChI=1S/C8H9N3O/c9-3-7-4-10-8(11-7)6-1-2-12-5-6/h1-2,4-5H,3,9H2,(H,10,11). The minimum Gasteiger partial charge on any atom is -0.472 e. The molecule has 0 saturated heterocycles. The van der Waals surface area contributed by atoms with Gasteiger partial charge in [0.05, 0.1) is 11.8 Å². The largest absolute Gasteiger partial charge is 0.472 e. The summed E-state index contributed by atoms with van der Waals surface area (Å²) in [6.45, 7) is 0.477. The Kier molecular flexibility index (Phi) is 1.68. The van der Waals surface area contributed by atoms with E-state index in [1.54, 1.807) is 18.7 Å². The van der Waals surface area contributed by atoms with Gasteiger partial charge in [-0.15, -0.1) is 0 Å². The molecule has 62 valence electrons. The van der Waals surface area contributed by atoms with E-state index in [0.717, 1.165) is 17.1 Å². The third-order valence-electron chi connectivity index (χ3n) is 1.64. The molecule has 0 atom stereocenters. The number of hydrogen-bond acceptors (Lipinski definition) is 3. The molecule has 0 unspecified atom stereocenters. The van der Waals surface area contributed by atoms with Crippen molar-refractivity contribution >= 4 is 0 Å². The van der Waals surface area contributed by atoms with Gasteiger partial charge in [0.25, 0.3) is 0 Å². The van der Waals surface area contributed by atoms with Gasteiger partial charge < -0.3 is 15.1 Å². The van der Waals surface area contributed by atoms with Crippen LogP contribution in [-0.4, -0.2) is 9.97 Å². The number of rotatable bonds is 2. The first-order valence-corrected chi connectivity index (χ1v) is 3.66. The molecule has 3 N–H and O–H groups in total. The van der Waals surface area contributed by atoms with Crippen LogP contribution in [0.2, 0.25) is 0 Å². The lowest BCUT2D eigenvalue weighted by molar-refractivity contribution is 0.568. The Hall–Kier alpha value is -1.55. The van der Waals surface area contributed by atoms with Crippen LogP contribution in [0.25, 0.3) is 11.4 Å². The van der Waals surface area contributed by atoms with Gasteiger partial charge >= 0.3 is 0 Å². The second-order valence-electron chi connectivity index (χ2n) is 2.47. The van der Waals surface area contributed by atoms with Crippen molar-refractivity contribution in [3.8, 4) is 11.4 Å². The van der Waals surface area contributed by atoms with Crippen LogP contribution in [0, 0.1) is 0 Å². The lowest BCUT2D eigenvalue weighted by Crippen LogP contribution is -1.95. The fraction of sp³-hybridized carbons (Fsp3) is 0.125. The SMILES string of the molecule is NCc1cnc(-c2ccoc2)[nH]1. The first kappa shape index (κ1) is 7.12. The molecule has 0 aliphatic rings. The van der Waals surface area contributed by atoms with Gasteiger partial charge in [-0.1, -0.05) is 0 Å². The third kappa shape index (κ3) is 1.12. The van der Waals surface area contributed by atoms with E-state index in [-0.39, 0.29) is 0 Å². The predicted molar refractivity (Wildman–Crippen MR) is 44.2 cm³/mol. The van der Waals surface area contributed by atoms with Gasteiger partial charge in [-0.2, -0.15) is 0 Å². The summed E-state index contributed by atoms with van der Waals surface area (Å²) in [5.74, 6) is 0.796. The average molecular weight is 163 g/mol. The Morgan fingerprint density at radius 1 is 1.58 bits per heavy atom. The maximum Gasteiger partial charge on any atom is 0.140 e. The number of nitrogens with zero attached hydrogens (tertiary/aromatic N) is 1. The zero-order valence-corrected chi connectivity index (χ0v) is 6.45. The van der Waals surface area contributed by atoms with Crippen LogP contribution in [0.15, 0.2) is 29.2 Å². The summed E-state index contributed by atoms with van der Waals surface area (Å²) in [4.78, 5) is 7.20. The van der Waals surface area contributed by atoms with E-state index in [9.17, 15) is 0 Å². The molecule has 4 nitrogen and oxygen atoms in total. The highest BCUT2D eigenvalue weighted by Crippen LogP contribution is 2.15. The van der Waals surface area contributed by atoms with Gasteiger partial charge in [-0.3, -0.25) is 0 Å². The minimum atomic E-state index is 0.477. The summed E-state index contributed by atoms with van der Waals surface area (Å²) in [6, 6.07) is 1.85. The van der Waals surface area contributed by atoms with Gasteiger partial charge in [0.1, 0.15) is 12.1 Å². The highest BCUT2D eigenvalue weighted by molar-refractivity contribution is 5.52. The topological polar surface area (TPSA) is 67.8 Å². The number of imidazole rings is 1. The Bertz CT molecular complexity index is 350. The van der Waals surface area contributed by atoms with Crippen molar-refractivity contribution < 1.29 is 4.42 Å². The summed E-state index contributed by atoms with van der Waals surface area (Å²) in [6.07, 6.45) is 4.97. The van der Waals surface area contributed by atoms with Gasteiger partial charge in [-0.05, 0) is 6.07 Å². The van der Waals surface area contributed by atoms with Crippen LogP contribution < -0.4 is 5.73 Å².